The van der Waals surface area contributed by atoms with Gasteiger partial charge in [-0.3, -0.25) is 0 Å². The van der Waals surface area contributed by atoms with Crippen LogP contribution in [0.4, 0.5) is 0 Å². The molecule has 108 valence electrons. The number of hydrogen-bond acceptors (Lipinski definition) is 4. The maximum absolute atomic E-state index is 5.77. The van der Waals surface area contributed by atoms with E-state index in [0.717, 1.165) is 17.9 Å². The lowest BCUT2D eigenvalue weighted by molar-refractivity contribution is 0.197. The maximum atomic E-state index is 5.77. The summed E-state index contributed by atoms with van der Waals surface area (Å²) in [6, 6.07) is 8.60. The van der Waals surface area contributed by atoms with E-state index >= 15 is 0 Å². The summed E-state index contributed by atoms with van der Waals surface area (Å²) in [4.78, 5) is 2.35. The Bertz CT molecular complexity index is 360. The minimum absolute atomic E-state index is 0.558. The van der Waals surface area contributed by atoms with Crippen molar-refractivity contribution in [2.45, 2.75) is 25.9 Å². The van der Waals surface area contributed by atoms with E-state index < -0.39 is 0 Å². The number of thioether (sulfide) groups is 1. The molecule has 0 spiro atoms. The molecule has 0 radical (unpaired) electrons. The monoisotopic (exact) mass is 282 g/mol. The summed E-state index contributed by atoms with van der Waals surface area (Å²) in [6.07, 6.45) is 3.38. The number of nitrogens with zero attached hydrogens (tertiary/aromatic N) is 1. The van der Waals surface area contributed by atoms with Gasteiger partial charge in [0.05, 0.1) is 0 Å². The minimum atomic E-state index is 0.558. The van der Waals surface area contributed by atoms with Crippen LogP contribution in [-0.4, -0.2) is 43.1 Å². The van der Waals surface area contributed by atoms with Crippen LogP contribution in [0.2, 0.25) is 0 Å². The molecule has 0 fully saturated rings. The third-order valence-electron chi connectivity index (χ3n) is 3.34. The maximum Gasteiger partial charge on any atom is 0.119 e. The van der Waals surface area contributed by atoms with Gasteiger partial charge in [0.1, 0.15) is 12.4 Å². The molecule has 3 nitrogen and oxygen atoms in total. The van der Waals surface area contributed by atoms with Crippen molar-refractivity contribution in [3.8, 4) is 5.75 Å². The summed E-state index contributed by atoms with van der Waals surface area (Å²) < 4.78 is 5.77. The molecule has 0 aromatic heterocycles. The first-order valence-corrected chi connectivity index (χ1v) is 8.17. The van der Waals surface area contributed by atoms with E-state index in [1.165, 1.54) is 12.2 Å². The molecule has 0 saturated heterocycles. The highest BCUT2D eigenvalue weighted by Crippen LogP contribution is 2.13. The second-order valence-corrected chi connectivity index (χ2v) is 5.80. The van der Waals surface area contributed by atoms with Crippen molar-refractivity contribution < 1.29 is 4.74 Å². The SMILES string of the molecule is CSCCC(C)N(C)CCOc1cccc(CN)c1. The second-order valence-electron chi connectivity index (χ2n) is 4.81. The van der Waals surface area contributed by atoms with Gasteiger partial charge in [-0.25, -0.2) is 0 Å². The standard InChI is InChI=1S/C15H26N2OS/c1-13(7-10-19-3)17(2)8-9-18-15-6-4-5-14(11-15)12-16/h4-6,11,13H,7-10,12,16H2,1-3H3. The Kier molecular flexibility index (Phi) is 7.94. The number of nitrogens with two attached hydrogens (primary N) is 1. The Labute approximate surface area is 121 Å². The van der Waals surface area contributed by atoms with Crippen molar-refractivity contribution in [2.75, 3.05) is 32.2 Å². The van der Waals surface area contributed by atoms with Gasteiger partial charge in [0.15, 0.2) is 0 Å². The fourth-order valence-electron chi connectivity index (χ4n) is 1.80. The van der Waals surface area contributed by atoms with E-state index in [1.807, 2.05) is 36.0 Å². The highest BCUT2D eigenvalue weighted by molar-refractivity contribution is 7.98. The first-order chi connectivity index (χ1) is 9.17. The lowest BCUT2D eigenvalue weighted by Crippen LogP contribution is -2.33. The van der Waals surface area contributed by atoms with Crippen LogP contribution in [0, 0.1) is 0 Å². The fourth-order valence-corrected chi connectivity index (χ4v) is 2.38. The minimum Gasteiger partial charge on any atom is -0.492 e. The Morgan fingerprint density at radius 1 is 1.42 bits per heavy atom. The van der Waals surface area contributed by atoms with Crippen LogP contribution < -0.4 is 10.5 Å². The summed E-state index contributed by atoms with van der Waals surface area (Å²) in [5.41, 5.74) is 6.73. The molecule has 1 aromatic rings. The molecular weight excluding hydrogens is 256 g/mol. The van der Waals surface area contributed by atoms with Crippen molar-refractivity contribution in [2.24, 2.45) is 5.73 Å². The zero-order valence-corrected chi connectivity index (χ0v) is 13.1. The predicted octanol–water partition coefficient (Wildman–Crippen LogP) is 2.60. The van der Waals surface area contributed by atoms with Gasteiger partial charge >= 0.3 is 0 Å². The predicted molar refractivity (Wildman–Crippen MR) is 84.9 cm³/mol. The third kappa shape index (κ3) is 6.32. The van der Waals surface area contributed by atoms with Crippen LogP contribution in [0.3, 0.4) is 0 Å². The number of rotatable bonds is 9. The van der Waals surface area contributed by atoms with Crippen molar-refractivity contribution >= 4 is 11.8 Å². The number of benzene rings is 1. The summed E-state index contributed by atoms with van der Waals surface area (Å²) in [5.74, 6) is 2.12. The van der Waals surface area contributed by atoms with E-state index in [-0.39, 0.29) is 0 Å². The first kappa shape index (κ1) is 16.3. The summed E-state index contributed by atoms with van der Waals surface area (Å²) >= 11 is 1.90. The van der Waals surface area contributed by atoms with E-state index in [4.69, 9.17) is 10.5 Å². The molecule has 0 saturated carbocycles. The lowest BCUT2D eigenvalue weighted by Gasteiger charge is -2.24. The summed E-state index contributed by atoms with van der Waals surface area (Å²) in [5, 5.41) is 0. The molecule has 0 aliphatic rings. The Hall–Kier alpha value is -0.710. The largest absolute Gasteiger partial charge is 0.492 e. The zero-order valence-electron chi connectivity index (χ0n) is 12.3. The average molecular weight is 282 g/mol. The Morgan fingerprint density at radius 3 is 2.89 bits per heavy atom. The molecule has 0 aliphatic heterocycles. The second kappa shape index (κ2) is 9.23. The normalized spacial score (nSPS) is 12.7. The van der Waals surface area contributed by atoms with Crippen LogP contribution in [0.1, 0.15) is 18.9 Å². The molecule has 1 aromatic carbocycles. The molecule has 2 N–H and O–H groups in total. The topological polar surface area (TPSA) is 38.5 Å². The molecule has 19 heavy (non-hydrogen) atoms. The summed E-state index contributed by atoms with van der Waals surface area (Å²) in [7, 11) is 2.16. The van der Waals surface area contributed by atoms with Gasteiger partial charge in [0.2, 0.25) is 0 Å². The van der Waals surface area contributed by atoms with Gasteiger partial charge in [-0.1, -0.05) is 12.1 Å². The van der Waals surface area contributed by atoms with Crippen molar-refractivity contribution in [1.82, 2.24) is 4.90 Å². The van der Waals surface area contributed by atoms with Gasteiger partial charge in [-0.15, -0.1) is 0 Å². The molecule has 0 aliphatic carbocycles. The molecule has 1 unspecified atom stereocenters. The first-order valence-electron chi connectivity index (χ1n) is 6.78. The van der Waals surface area contributed by atoms with E-state index in [2.05, 4.69) is 25.1 Å². The smallest absolute Gasteiger partial charge is 0.119 e. The quantitative estimate of drug-likeness (QED) is 0.755. The molecule has 1 rings (SSSR count). The van der Waals surface area contributed by atoms with E-state index in [1.54, 1.807) is 0 Å². The van der Waals surface area contributed by atoms with Crippen LogP contribution in [0.25, 0.3) is 0 Å². The van der Waals surface area contributed by atoms with E-state index in [9.17, 15) is 0 Å². The lowest BCUT2D eigenvalue weighted by atomic mass is 10.2. The van der Waals surface area contributed by atoms with Crippen molar-refractivity contribution in [3.05, 3.63) is 29.8 Å². The van der Waals surface area contributed by atoms with Gasteiger partial charge in [0.25, 0.3) is 0 Å². The molecule has 0 heterocycles. The Balaban J connectivity index is 2.28. The molecule has 0 bridgehead atoms. The van der Waals surface area contributed by atoms with Gasteiger partial charge in [-0.2, -0.15) is 11.8 Å². The number of ether oxygens (including phenoxy) is 1. The zero-order chi connectivity index (χ0) is 14.1. The molecule has 0 amide bonds. The highest BCUT2D eigenvalue weighted by Gasteiger charge is 2.08. The van der Waals surface area contributed by atoms with Gasteiger partial charge in [-0.05, 0) is 50.1 Å². The van der Waals surface area contributed by atoms with Gasteiger partial charge < -0.3 is 15.4 Å². The van der Waals surface area contributed by atoms with E-state index in [0.29, 0.717) is 19.2 Å². The molecular formula is C15H26N2OS. The third-order valence-corrected chi connectivity index (χ3v) is 3.98. The van der Waals surface area contributed by atoms with Crippen LogP contribution in [-0.2, 0) is 6.54 Å². The van der Waals surface area contributed by atoms with Crippen LogP contribution in [0.15, 0.2) is 24.3 Å². The molecule has 1 atom stereocenters. The van der Waals surface area contributed by atoms with Crippen LogP contribution in [0.5, 0.6) is 5.75 Å². The van der Waals surface area contributed by atoms with Crippen LogP contribution >= 0.6 is 11.8 Å². The van der Waals surface area contributed by atoms with Gasteiger partial charge in [0, 0.05) is 19.1 Å². The highest BCUT2D eigenvalue weighted by atomic mass is 32.2. The average Bonchev–Trinajstić information content (AvgIpc) is 2.44. The number of hydrogen-bond donors (Lipinski definition) is 1. The summed E-state index contributed by atoms with van der Waals surface area (Å²) in [6.45, 7) is 4.49. The Morgan fingerprint density at radius 2 is 2.21 bits per heavy atom. The van der Waals surface area contributed by atoms with Crippen molar-refractivity contribution in [3.63, 3.8) is 0 Å². The molecule has 4 heteroatoms. The fraction of sp³-hybridized carbons (Fsp3) is 0.600. The number of likely N-dealkylation sites (N-methyl/N-ethyl adjacent to an activating group) is 1. The van der Waals surface area contributed by atoms with Crippen molar-refractivity contribution in [1.29, 1.82) is 0 Å².